The van der Waals surface area contributed by atoms with Gasteiger partial charge in [0.2, 0.25) is 0 Å². The minimum Gasteiger partial charge on any atom is -0.489 e. The number of pyridine rings is 1. The summed E-state index contributed by atoms with van der Waals surface area (Å²) in [7, 11) is 0. The molecule has 2 N–H and O–H groups in total. The second-order valence-electron chi connectivity index (χ2n) is 8.03. The zero-order chi connectivity index (χ0) is 25.4. The van der Waals surface area contributed by atoms with Crippen molar-refractivity contribution < 1.29 is 14.7 Å². The van der Waals surface area contributed by atoms with E-state index in [1.165, 1.54) is 0 Å². The fraction of sp³-hybridized carbons (Fsp3) is 0.280. The normalized spacial score (nSPS) is 11.3. The second kappa shape index (κ2) is 12.3. The lowest BCUT2D eigenvalue weighted by Gasteiger charge is -2.27. The third kappa shape index (κ3) is 6.94. The Labute approximate surface area is 219 Å². The number of nitrogens with zero attached hydrogens (tertiary/aromatic N) is 3. The van der Waals surface area contributed by atoms with Gasteiger partial charge in [0.05, 0.1) is 27.8 Å². The molecule has 0 spiro atoms. The number of hydrogen-bond acceptors (Lipinski definition) is 8. The lowest BCUT2D eigenvalue weighted by atomic mass is 9.77. The number of aromatic nitrogens is 1. The highest BCUT2D eigenvalue weighted by Crippen LogP contribution is 2.38. The molecule has 0 unspecified atom stereocenters. The largest absolute Gasteiger partial charge is 0.489 e. The average molecular weight is 533 g/mol. The number of benzene rings is 2. The van der Waals surface area contributed by atoms with Gasteiger partial charge in [0, 0.05) is 17.9 Å². The number of anilines is 1. The van der Waals surface area contributed by atoms with Crippen LogP contribution < -0.4 is 14.9 Å². The fourth-order valence-electron chi connectivity index (χ4n) is 3.40. The smallest absolute Gasteiger partial charge is 0.155 e. The molecule has 10 heteroatoms. The summed E-state index contributed by atoms with van der Waals surface area (Å²) in [6.45, 7) is 4.68. The Bertz CT molecular complexity index is 1190. The third-order valence-corrected chi connectivity index (χ3v) is 6.26. The van der Waals surface area contributed by atoms with Crippen LogP contribution >= 0.6 is 35.1 Å². The van der Waals surface area contributed by atoms with E-state index in [1.807, 2.05) is 30.3 Å². The Balaban J connectivity index is 1.73. The summed E-state index contributed by atoms with van der Waals surface area (Å²) in [4.78, 5) is 4.31. The van der Waals surface area contributed by atoms with Crippen LogP contribution in [-0.2, 0) is 12.0 Å². The number of alkyl halides is 1. The summed E-state index contributed by atoms with van der Waals surface area (Å²) in [5.74, 6) is 1.35. The van der Waals surface area contributed by atoms with Gasteiger partial charge >= 0.3 is 0 Å². The minimum atomic E-state index is -0.423. The van der Waals surface area contributed by atoms with Gasteiger partial charge in [-0.2, -0.15) is 5.26 Å². The van der Waals surface area contributed by atoms with Crippen LogP contribution in [0.25, 0.3) is 0 Å². The van der Waals surface area contributed by atoms with Crippen molar-refractivity contribution in [3.05, 3.63) is 82.1 Å². The molecule has 3 aromatic rings. The van der Waals surface area contributed by atoms with E-state index >= 15 is 0 Å². The molecule has 0 bridgehead atoms. The Kier molecular flexibility index (Phi) is 9.49. The van der Waals surface area contributed by atoms with Crippen molar-refractivity contribution >= 4 is 40.8 Å². The number of rotatable bonds is 11. The monoisotopic (exact) mass is 532 g/mol. The number of ether oxygens (including phenoxy) is 2. The molecule has 0 aliphatic heterocycles. The molecule has 35 heavy (non-hydrogen) atoms. The highest BCUT2D eigenvalue weighted by molar-refractivity contribution is 7.96. The lowest BCUT2D eigenvalue weighted by molar-refractivity contribution is 0.0444. The summed E-state index contributed by atoms with van der Waals surface area (Å²) in [5.41, 5.74) is 6.09. The average Bonchev–Trinajstić information content (AvgIpc) is 2.86. The van der Waals surface area contributed by atoms with Crippen LogP contribution in [0.5, 0.6) is 11.5 Å². The summed E-state index contributed by atoms with van der Waals surface area (Å²) < 4.78 is 12.4. The molecule has 0 fully saturated rings. The first-order valence-corrected chi connectivity index (χ1v) is 12.8. The van der Waals surface area contributed by atoms with E-state index in [-0.39, 0.29) is 13.2 Å². The molecule has 2 aromatic carbocycles. The fourth-order valence-corrected chi connectivity index (χ4v) is 3.95. The SMILES string of the molecule is CSN(O)Nc1ccnc(COc2ccc(C(C)(C)c3cc(Cl)c(OCCCl)c(C#N)c3)cc2)c1. The first-order valence-electron chi connectivity index (χ1n) is 10.7. The molecule has 1 aromatic heterocycles. The van der Waals surface area contributed by atoms with Crippen LogP contribution in [0, 0.1) is 11.3 Å². The van der Waals surface area contributed by atoms with Crippen molar-refractivity contribution in [1.82, 2.24) is 9.56 Å². The molecule has 7 nitrogen and oxygen atoms in total. The van der Waals surface area contributed by atoms with Crippen LogP contribution in [0.2, 0.25) is 5.02 Å². The van der Waals surface area contributed by atoms with Crippen molar-refractivity contribution in [2.75, 3.05) is 24.2 Å². The van der Waals surface area contributed by atoms with Crippen molar-refractivity contribution in [2.24, 2.45) is 0 Å². The van der Waals surface area contributed by atoms with Crippen molar-refractivity contribution in [2.45, 2.75) is 25.9 Å². The van der Waals surface area contributed by atoms with Gasteiger partial charge in [-0.1, -0.05) is 37.6 Å². The molecular weight excluding hydrogens is 507 g/mol. The zero-order valence-electron chi connectivity index (χ0n) is 19.6. The van der Waals surface area contributed by atoms with Crippen LogP contribution in [0.1, 0.15) is 36.2 Å². The standard InChI is InChI=1S/C25H26Cl2N4O3S/c1-25(2,19-12-17(15-28)24(23(27)13-19)33-11-9-26)18-4-6-22(7-5-18)34-16-21-14-20(8-10-29-21)30-31(32)35-3/h4-8,10,12-14,32H,9,11,16H2,1-3H3,(H,29,30). The number of nitrogens with one attached hydrogen (secondary N) is 1. The number of hydrazine groups is 1. The van der Waals surface area contributed by atoms with Gasteiger partial charge < -0.3 is 9.47 Å². The van der Waals surface area contributed by atoms with E-state index in [4.69, 9.17) is 32.7 Å². The van der Waals surface area contributed by atoms with Crippen LogP contribution in [0.3, 0.4) is 0 Å². The number of nitriles is 1. The molecule has 0 amide bonds. The first kappa shape index (κ1) is 26.9. The maximum Gasteiger partial charge on any atom is 0.155 e. The summed E-state index contributed by atoms with van der Waals surface area (Å²) in [6.07, 6.45) is 3.39. The molecule has 0 saturated carbocycles. The Morgan fingerprint density at radius 3 is 2.54 bits per heavy atom. The molecule has 0 aliphatic rings. The number of hydrogen-bond donors (Lipinski definition) is 2. The third-order valence-electron chi connectivity index (χ3n) is 5.39. The zero-order valence-corrected chi connectivity index (χ0v) is 21.9. The van der Waals surface area contributed by atoms with E-state index in [2.05, 4.69) is 30.3 Å². The van der Waals surface area contributed by atoms with Gasteiger partial charge in [0.25, 0.3) is 0 Å². The first-order chi connectivity index (χ1) is 16.8. The van der Waals surface area contributed by atoms with Crippen molar-refractivity contribution in [3.8, 4) is 17.6 Å². The highest BCUT2D eigenvalue weighted by Gasteiger charge is 2.26. The topological polar surface area (TPSA) is 90.6 Å². The molecule has 0 atom stereocenters. The molecular formula is C25H26Cl2N4O3S. The molecule has 0 aliphatic carbocycles. The second-order valence-corrected chi connectivity index (χ2v) is 9.52. The molecule has 0 saturated heterocycles. The maximum atomic E-state index is 9.60. The van der Waals surface area contributed by atoms with E-state index in [1.54, 1.807) is 30.7 Å². The van der Waals surface area contributed by atoms with Gasteiger partial charge in [-0.15, -0.1) is 11.6 Å². The van der Waals surface area contributed by atoms with Crippen LogP contribution in [0.4, 0.5) is 5.69 Å². The maximum absolute atomic E-state index is 9.60. The van der Waals surface area contributed by atoms with Gasteiger partial charge in [-0.3, -0.25) is 15.6 Å². The molecule has 3 rings (SSSR count). The molecule has 184 valence electrons. The Hall–Kier alpha value is -2.67. The predicted molar refractivity (Wildman–Crippen MR) is 140 cm³/mol. The summed E-state index contributed by atoms with van der Waals surface area (Å²) in [6, 6.07) is 17.1. The van der Waals surface area contributed by atoms with Gasteiger partial charge in [-0.05, 0) is 64.1 Å². The Morgan fingerprint density at radius 2 is 1.89 bits per heavy atom. The van der Waals surface area contributed by atoms with E-state index < -0.39 is 5.41 Å². The van der Waals surface area contributed by atoms with E-state index in [0.29, 0.717) is 39.3 Å². The van der Waals surface area contributed by atoms with Gasteiger partial charge in [-0.25, -0.2) is 0 Å². The van der Waals surface area contributed by atoms with Gasteiger partial charge in [0.15, 0.2) is 5.75 Å². The Morgan fingerprint density at radius 1 is 1.14 bits per heavy atom. The van der Waals surface area contributed by atoms with Crippen molar-refractivity contribution in [3.63, 3.8) is 0 Å². The molecule has 0 radical (unpaired) electrons. The quantitative estimate of drug-likeness (QED) is 0.166. The van der Waals surface area contributed by atoms with Gasteiger partial charge in [0.1, 0.15) is 25.0 Å². The minimum absolute atomic E-state index is 0.272. The van der Waals surface area contributed by atoms with Crippen LogP contribution in [0.15, 0.2) is 54.7 Å². The van der Waals surface area contributed by atoms with Crippen molar-refractivity contribution in [1.29, 1.82) is 5.26 Å². The molecule has 1 heterocycles. The van der Waals surface area contributed by atoms with E-state index in [0.717, 1.165) is 27.7 Å². The van der Waals surface area contributed by atoms with E-state index in [9.17, 15) is 10.5 Å². The highest BCUT2D eigenvalue weighted by atomic mass is 35.5. The summed E-state index contributed by atoms with van der Waals surface area (Å²) >= 11 is 13.3. The van der Waals surface area contributed by atoms with Crippen LogP contribution in [-0.4, -0.2) is 33.5 Å². The number of halogens is 2. The predicted octanol–water partition coefficient (Wildman–Crippen LogP) is 6.43. The summed E-state index contributed by atoms with van der Waals surface area (Å²) in [5, 5.41) is 19.6. The lowest BCUT2D eigenvalue weighted by Crippen LogP contribution is -2.19.